The Bertz CT molecular complexity index is 796. The predicted octanol–water partition coefficient (Wildman–Crippen LogP) is 2.50. The minimum absolute atomic E-state index is 0.0293. The molecule has 0 saturated carbocycles. The molecule has 24 heavy (non-hydrogen) atoms. The van der Waals surface area contributed by atoms with E-state index >= 15 is 0 Å². The lowest BCUT2D eigenvalue weighted by molar-refractivity contribution is -0.116. The highest BCUT2D eigenvalue weighted by Gasteiger charge is 2.17. The van der Waals surface area contributed by atoms with E-state index in [-0.39, 0.29) is 18.0 Å². The van der Waals surface area contributed by atoms with E-state index in [2.05, 4.69) is 21.0 Å². The Balaban J connectivity index is 1.65. The van der Waals surface area contributed by atoms with E-state index in [1.54, 1.807) is 10.7 Å². The highest BCUT2D eigenvalue weighted by molar-refractivity contribution is 5.95. The summed E-state index contributed by atoms with van der Waals surface area (Å²) in [7, 11) is 1.86. The van der Waals surface area contributed by atoms with Crippen LogP contribution in [0.5, 0.6) is 0 Å². The van der Waals surface area contributed by atoms with Gasteiger partial charge in [0.05, 0.1) is 11.7 Å². The van der Waals surface area contributed by atoms with Gasteiger partial charge in [-0.25, -0.2) is 4.79 Å². The molecular weight excluding hydrogens is 306 g/mol. The van der Waals surface area contributed by atoms with Gasteiger partial charge >= 0.3 is 6.03 Å². The number of hydrogen-bond acceptors (Lipinski definition) is 3. The molecule has 1 aromatic heterocycles. The van der Waals surface area contributed by atoms with Crippen LogP contribution in [0.2, 0.25) is 0 Å². The van der Waals surface area contributed by atoms with Gasteiger partial charge in [0, 0.05) is 36.6 Å². The van der Waals surface area contributed by atoms with Crippen LogP contribution in [-0.4, -0.2) is 21.7 Å². The molecule has 7 nitrogen and oxygen atoms in total. The van der Waals surface area contributed by atoms with Crippen LogP contribution in [0.1, 0.15) is 36.2 Å². The number of rotatable bonds is 3. The smallest absolute Gasteiger partial charge is 0.319 e. The highest BCUT2D eigenvalue weighted by Crippen LogP contribution is 2.25. The molecule has 2 aromatic rings. The summed E-state index contributed by atoms with van der Waals surface area (Å²) < 4.78 is 1.73. The minimum Gasteiger partial charge on any atom is -0.331 e. The second-order valence-electron chi connectivity index (χ2n) is 6.08. The number of carbonyl (C=O) groups excluding carboxylic acids is 2. The van der Waals surface area contributed by atoms with Gasteiger partial charge in [-0.2, -0.15) is 5.10 Å². The molecule has 0 unspecified atom stereocenters. The number of hydrogen-bond donors (Lipinski definition) is 3. The number of aromatic nitrogens is 2. The van der Waals surface area contributed by atoms with Crippen molar-refractivity contribution in [3.63, 3.8) is 0 Å². The molecule has 0 bridgehead atoms. The van der Waals surface area contributed by atoms with Gasteiger partial charge in [-0.15, -0.1) is 0 Å². The number of amides is 3. The first-order chi connectivity index (χ1) is 11.4. The van der Waals surface area contributed by atoms with Crippen LogP contribution in [0.3, 0.4) is 0 Å². The van der Waals surface area contributed by atoms with Crippen LogP contribution >= 0.6 is 0 Å². The molecule has 0 radical (unpaired) electrons. The number of benzene rings is 1. The van der Waals surface area contributed by atoms with E-state index in [0.29, 0.717) is 18.5 Å². The van der Waals surface area contributed by atoms with Crippen molar-refractivity contribution in [2.24, 2.45) is 7.05 Å². The molecule has 3 N–H and O–H groups in total. The van der Waals surface area contributed by atoms with Crippen LogP contribution < -0.4 is 16.0 Å². The standard InChI is InChI=1S/C17H21N5O2/c1-10(14-9-22(3)21-11(14)2)18-17(24)19-13-5-6-15-12(8-13)4-7-16(23)20-15/h5-6,8-10H,4,7H2,1-3H3,(H,20,23)(H2,18,19,24)/t10-/m1/s1. The van der Waals surface area contributed by atoms with Crippen molar-refractivity contribution in [2.75, 3.05) is 10.6 Å². The van der Waals surface area contributed by atoms with E-state index in [1.165, 1.54) is 0 Å². The summed E-state index contributed by atoms with van der Waals surface area (Å²) in [6, 6.07) is 5.08. The van der Waals surface area contributed by atoms with Crippen molar-refractivity contribution in [1.82, 2.24) is 15.1 Å². The fraction of sp³-hybridized carbons (Fsp3) is 0.353. The van der Waals surface area contributed by atoms with E-state index in [4.69, 9.17) is 0 Å². The summed E-state index contributed by atoms with van der Waals surface area (Å²) in [5, 5.41) is 12.9. The zero-order valence-electron chi connectivity index (χ0n) is 14.0. The number of nitrogens with one attached hydrogen (secondary N) is 3. The maximum Gasteiger partial charge on any atom is 0.319 e. The number of anilines is 2. The zero-order chi connectivity index (χ0) is 17.3. The molecule has 2 heterocycles. The fourth-order valence-corrected chi connectivity index (χ4v) is 2.95. The molecule has 3 rings (SSSR count). The first kappa shape index (κ1) is 16.0. The van der Waals surface area contributed by atoms with Crippen molar-refractivity contribution in [1.29, 1.82) is 0 Å². The maximum absolute atomic E-state index is 12.2. The number of fused-ring (bicyclic) bond motifs is 1. The Morgan fingerprint density at radius 3 is 2.88 bits per heavy atom. The van der Waals surface area contributed by atoms with Gasteiger partial charge in [0.2, 0.25) is 5.91 Å². The number of urea groups is 1. The lowest BCUT2D eigenvalue weighted by atomic mass is 10.0. The summed E-state index contributed by atoms with van der Waals surface area (Å²) in [6.45, 7) is 3.84. The molecular formula is C17H21N5O2. The van der Waals surface area contributed by atoms with Crippen molar-refractivity contribution in [3.8, 4) is 0 Å². The summed E-state index contributed by atoms with van der Waals surface area (Å²) >= 11 is 0. The molecule has 7 heteroatoms. The third-order valence-electron chi connectivity index (χ3n) is 4.12. The van der Waals surface area contributed by atoms with Crippen LogP contribution in [0.4, 0.5) is 16.2 Å². The van der Waals surface area contributed by atoms with Crippen molar-refractivity contribution >= 4 is 23.3 Å². The molecule has 3 amide bonds. The molecule has 0 aliphatic carbocycles. The predicted molar refractivity (Wildman–Crippen MR) is 91.9 cm³/mol. The topological polar surface area (TPSA) is 88.1 Å². The first-order valence-electron chi connectivity index (χ1n) is 7.93. The number of nitrogens with zero attached hydrogens (tertiary/aromatic N) is 2. The second-order valence-corrected chi connectivity index (χ2v) is 6.08. The van der Waals surface area contributed by atoms with Gasteiger partial charge in [0.25, 0.3) is 0 Å². The van der Waals surface area contributed by atoms with Crippen LogP contribution in [0, 0.1) is 6.92 Å². The van der Waals surface area contributed by atoms with Crippen LogP contribution in [0.25, 0.3) is 0 Å². The lowest BCUT2D eigenvalue weighted by Crippen LogP contribution is -2.31. The molecule has 0 spiro atoms. The SMILES string of the molecule is Cc1nn(C)cc1[C@@H](C)NC(=O)Nc1ccc2c(c1)CCC(=O)N2. The van der Waals surface area contributed by atoms with E-state index < -0.39 is 0 Å². The van der Waals surface area contributed by atoms with Gasteiger partial charge in [-0.3, -0.25) is 9.48 Å². The van der Waals surface area contributed by atoms with E-state index in [0.717, 1.165) is 22.5 Å². The van der Waals surface area contributed by atoms with Gasteiger partial charge in [-0.05, 0) is 44.0 Å². The van der Waals surface area contributed by atoms with E-state index in [9.17, 15) is 9.59 Å². The molecule has 1 aromatic carbocycles. The van der Waals surface area contributed by atoms with Crippen LogP contribution in [-0.2, 0) is 18.3 Å². The van der Waals surface area contributed by atoms with Crippen molar-refractivity contribution in [2.45, 2.75) is 32.7 Å². The molecule has 126 valence electrons. The Morgan fingerprint density at radius 2 is 2.17 bits per heavy atom. The quantitative estimate of drug-likeness (QED) is 0.809. The average molecular weight is 327 g/mol. The summed E-state index contributed by atoms with van der Waals surface area (Å²) in [6.07, 6.45) is 3.06. The maximum atomic E-state index is 12.2. The van der Waals surface area contributed by atoms with Gasteiger partial charge < -0.3 is 16.0 Å². The fourth-order valence-electron chi connectivity index (χ4n) is 2.95. The Hall–Kier alpha value is -2.83. The van der Waals surface area contributed by atoms with Gasteiger partial charge in [0.15, 0.2) is 0 Å². The number of aryl methyl sites for hydroxylation is 3. The summed E-state index contributed by atoms with van der Waals surface area (Å²) in [5.41, 5.74) is 4.44. The van der Waals surface area contributed by atoms with E-state index in [1.807, 2.05) is 39.2 Å². The largest absolute Gasteiger partial charge is 0.331 e. The van der Waals surface area contributed by atoms with Crippen molar-refractivity contribution in [3.05, 3.63) is 41.2 Å². The van der Waals surface area contributed by atoms with Crippen LogP contribution in [0.15, 0.2) is 24.4 Å². The molecule has 1 atom stereocenters. The normalized spacial score (nSPS) is 14.5. The molecule has 1 aliphatic heterocycles. The number of carbonyl (C=O) groups is 2. The Labute approximate surface area is 140 Å². The summed E-state index contributed by atoms with van der Waals surface area (Å²) in [4.78, 5) is 23.6. The Kier molecular flexibility index (Phi) is 4.24. The van der Waals surface area contributed by atoms with Crippen molar-refractivity contribution < 1.29 is 9.59 Å². The average Bonchev–Trinajstić information content (AvgIpc) is 2.86. The first-order valence-corrected chi connectivity index (χ1v) is 7.93. The lowest BCUT2D eigenvalue weighted by Gasteiger charge is -2.18. The monoisotopic (exact) mass is 327 g/mol. The highest BCUT2D eigenvalue weighted by atomic mass is 16.2. The van der Waals surface area contributed by atoms with Gasteiger partial charge in [-0.1, -0.05) is 0 Å². The third-order valence-corrected chi connectivity index (χ3v) is 4.12. The molecule has 1 aliphatic rings. The molecule has 0 saturated heterocycles. The van der Waals surface area contributed by atoms with Gasteiger partial charge in [0.1, 0.15) is 0 Å². The summed E-state index contributed by atoms with van der Waals surface area (Å²) in [5.74, 6) is 0.0293. The molecule has 0 fully saturated rings. The third kappa shape index (κ3) is 3.40. The Morgan fingerprint density at radius 1 is 1.38 bits per heavy atom. The second kappa shape index (κ2) is 6.35. The minimum atomic E-state index is -0.273. The zero-order valence-corrected chi connectivity index (χ0v) is 14.0.